The molecule has 1 N–H and O–H groups in total. The zero-order chi connectivity index (χ0) is 14.7. The van der Waals surface area contributed by atoms with Crippen molar-refractivity contribution in [2.24, 2.45) is 5.10 Å². The first-order valence-corrected chi connectivity index (χ1v) is 6.72. The Morgan fingerprint density at radius 3 is 2.43 bits per heavy atom. The van der Waals surface area contributed by atoms with Gasteiger partial charge in [-0.2, -0.15) is 13.9 Å². The molecule has 0 radical (unpaired) electrons. The van der Waals surface area contributed by atoms with Gasteiger partial charge in [0.15, 0.2) is 0 Å². The van der Waals surface area contributed by atoms with Crippen LogP contribution in [0.4, 0.5) is 8.78 Å². The van der Waals surface area contributed by atoms with E-state index >= 15 is 0 Å². The molecule has 2 aromatic carbocycles. The fraction of sp³-hybridized carbons (Fsp3) is 0.118. The van der Waals surface area contributed by atoms with Crippen LogP contribution in [0.2, 0.25) is 0 Å². The van der Waals surface area contributed by atoms with Crippen molar-refractivity contribution in [1.82, 2.24) is 5.43 Å². The number of halogens is 2. The molecule has 1 aliphatic heterocycles. The number of nitrogens with one attached hydrogen (secondary N) is 1. The SMILES string of the molecule is FC(F)=Cc1ccc(C2=NNCC2c2ccccc2)cc1. The largest absolute Gasteiger partial charge is 0.309 e. The van der Waals surface area contributed by atoms with E-state index < -0.39 is 6.08 Å². The first-order valence-electron chi connectivity index (χ1n) is 6.72. The van der Waals surface area contributed by atoms with Crippen molar-refractivity contribution in [3.63, 3.8) is 0 Å². The maximum Gasteiger partial charge on any atom is 0.270 e. The Kier molecular flexibility index (Phi) is 3.77. The molecule has 1 aliphatic rings. The standard InChI is InChI=1S/C17H14F2N2/c18-16(19)10-12-6-8-14(9-7-12)17-15(11-20-21-17)13-4-2-1-3-5-13/h1-10,15,20H,11H2. The quantitative estimate of drug-likeness (QED) is 0.904. The van der Waals surface area contributed by atoms with Crippen molar-refractivity contribution in [1.29, 1.82) is 0 Å². The summed E-state index contributed by atoms with van der Waals surface area (Å²) in [5, 5.41) is 4.36. The second-order valence-corrected chi connectivity index (χ2v) is 4.88. The summed E-state index contributed by atoms with van der Waals surface area (Å²) in [6, 6.07) is 17.1. The highest BCUT2D eigenvalue weighted by atomic mass is 19.3. The lowest BCUT2D eigenvalue weighted by molar-refractivity contribution is 0.429. The molecule has 4 heteroatoms. The van der Waals surface area contributed by atoms with Crippen LogP contribution in [0.1, 0.15) is 22.6 Å². The highest BCUT2D eigenvalue weighted by Gasteiger charge is 2.24. The predicted octanol–water partition coefficient (Wildman–Crippen LogP) is 4.02. The first-order chi connectivity index (χ1) is 10.2. The van der Waals surface area contributed by atoms with Gasteiger partial charge in [-0.1, -0.05) is 54.6 Å². The molecule has 106 valence electrons. The zero-order valence-corrected chi connectivity index (χ0v) is 11.3. The minimum atomic E-state index is -1.69. The summed E-state index contributed by atoms with van der Waals surface area (Å²) in [5.74, 6) is 0.186. The molecule has 3 rings (SSSR count). The molecule has 0 amide bonds. The lowest BCUT2D eigenvalue weighted by Gasteiger charge is -2.12. The number of benzene rings is 2. The van der Waals surface area contributed by atoms with Crippen LogP contribution in [0.3, 0.4) is 0 Å². The fourth-order valence-electron chi connectivity index (χ4n) is 2.50. The molecule has 0 spiro atoms. The Labute approximate surface area is 121 Å². The van der Waals surface area contributed by atoms with Crippen molar-refractivity contribution in [3.8, 4) is 0 Å². The van der Waals surface area contributed by atoms with E-state index in [-0.39, 0.29) is 5.92 Å². The van der Waals surface area contributed by atoms with Gasteiger partial charge in [0.25, 0.3) is 6.08 Å². The van der Waals surface area contributed by atoms with Crippen LogP contribution in [-0.2, 0) is 0 Å². The van der Waals surface area contributed by atoms with Crippen LogP contribution >= 0.6 is 0 Å². The van der Waals surface area contributed by atoms with Gasteiger partial charge in [0.2, 0.25) is 0 Å². The van der Waals surface area contributed by atoms with Crippen LogP contribution in [0, 0.1) is 0 Å². The van der Waals surface area contributed by atoms with Crippen LogP contribution in [0.5, 0.6) is 0 Å². The summed E-state index contributed by atoms with van der Waals surface area (Å²) in [7, 11) is 0. The van der Waals surface area contributed by atoms with Gasteiger partial charge < -0.3 is 5.43 Å². The van der Waals surface area contributed by atoms with Crippen molar-refractivity contribution >= 4 is 11.8 Å². The Bertz CT molecular complexity index is 672. The molecule has 0 fully saturated rings. The molecular formula is C17H14F2N2. The number of hydrazone groups is 1. The smallest absolute Gasteiger partial charge is 0.270 e. The van der Waals surface area contributed by atoms with Gasteiger partial charge in [-0.3, -0.25) is 0 Å². The van der Waals surface area contributed by atoms with E-state index in [4.69, 9.17) is 0 Å². The highest BCUT2D eigenvalue weighted by Crippen LogP contribution is 2.24. The van der Waals surface area contributed by atoms with Gasteiger partial charge in [0.05, 0.1) is 5.71 Å². The van der Waals surface area contributed by atoms with Crippen LogP contribution < -0.4 is 5.43 Å². The lowest BCUT2D eigenvalue weighted by Crippen LogP contribution is -2.14. The minimum Gasteiger partial charge on any atom is -0.309 e. The highest BCUT2D eigenvalue weighted by molar-refractivity contribution is 6.06. The van der Waals surface area contributed by atoms with Gasteiger partial charge >= 0.3 is 0 Å². The van der Waals surface area contributed by atoms with Crippen LogP contribution in [-0.4, -0.2) is 12.3 Å². The molecule has 0 saturated heterocycles. The van der Waals surface area contributed by atoms with Gasteiger partial charge in [-0.05, 0) is 16.7 Å². The normalized spacial score (nSPS) is 17.0. The van der Waals surface area contributed by atoms with E-state index in [9.17, 15) is 8.78 Å². The summed E-state index contributed by atoms with van der Waals surface area (Å²) in [6.07, 6.45) is -0.836. The van der Waals surface area contributed by atoms with Gasteiger partial charge in [0.1, 0.15) is 0 Å². The molecule has 0 aromatic heterocycles. The molecule has 2 aromatic rings. The van der Waals surface area contributed by atoms with Gasteiger partial charge in [-0.15, -0.1) is 0 Å². The number of hydrogen-bond donors (Lipinski definition) is 1. The molecule has 21 heavy (non-hydrogen) atoms. The van der Waals surface area contributed by atoms with E-state index in [2.05, 4.69) is 22.7 Å². The summed E-state index contributed by atoms with van der Waals surface area (Å²) < 4.78 is 24.5. The molecule has 1 heterocycles. The Morgan fingerprint density at radius 2 is 1.76 bits per heavy atom. The maximum absolute atomic E-state index is 12.2. The summed E-state index contributed by atoms with van der Waals surface area (Å²) >= 11 is 0. The van der Waals surface area contributed by atoms with Crippen LogP contribution in [0.15, 0.2) is 65.8 Å². The molecule has 0 saturated carbocycles. The Hall–Kier alpha value is -2.49. The predicted molar refractivity (Wildman–Crippen MR) is 80.4 cm³/mol. The third-order valence-corrected chi connectivity index (χ3v) is 3.51. The summed E-state index contributed by atoms with van der Waals surface area (Å²) in [4.78, 5) is 0. The van der Waals surface area contributed by atoms with Crippen molar-refractivity contribution in [3.05, 3.63) is 77.4 Å². The summed E-state index contributed by atoms with van der Waals surface area (Å²) in [5.41, 5.74) is 6.60. The molecular weight excluding hydrogens is 270 g/mol. The zero-order valence-electron chi connectivity index (χ0n) is 11.3. The molecule has 1 unspecified atom stereocenters. The van der Waals surface area contributed by atoms with Crippen molar-refractivity contribution in [2.45, 2.75) is 5.92 Å². The number of hydrogen-bond acceptors (Lipinski definition) is 2. The van der Waals surface area contributed by atoms with E-state index in [0.717, 1.165) is 23.9 Å². The minimum absolute atomic E-state index is 0.186. The summed E-state index contributed by atoms with van der Waals surface area (Å²) in [6.45, 7) is 0.750. The van der Waals surface area contributed by atoms with Gasteiger partial charge in [-0.25, -0.2) is 0 Å². The molecule has 0 aliphatic carbocycles. The van der Waals surface area contributed by atoms with E-state index in [0.29, 0.717) is 5.56 Å². The molecule has 2 nitrogen and oxygen atoms in total. The molecule has 1 atom stereocenters. The third kappa shape index (κ3) is 2.99. The van der Waals surface area contributed by atoms with E-state index in [1.807, 2.05) is 30.3 Å². The van der Waals surface area contributed by atoms with Crippen LogP contribution in [0.25, 0.3) is 6.08 Å². The monoisotopic (exact) mass is 284 g/mol. The lowest BCUT2D eigenvalue weighted by atomic mass is 9.90. The Balaban J connectivity index is 1.87. The number of nitrogens with zero attached hydrogens (tertiary/aromatic N) is 1. The van der Waals surface area contributed by atoms with Crippen molar-refractivity contribution in [2.75, 3.05) is 6.54 Å². The average molecular weight is 284 g/mol. The molecule has 0 bridgehead atoms. The van der Waals surface area contributed by atoms with E-state index in [1.165, 1.54) is 5.56 Å². The first kappa shape index (κ1) is 13.5. The average Bonchev–Trinajstić information content (AvgIpc) is 2.98. The van der Waals surface area contributed by atoms with E-state index in [1.54, 1.807) is 12.1 Å². The number of rotatable bonds is 3. The fourth-order valence-corrected chi connectivity index (χ4v) is 2.50. The topological polar surface area (TPSA) is 24.4 Å². The second kappa shape index (κ2) is 5.87. The van der Waals surface area contributed by atoms with Gasteiger partial charge in [0, 0.05) is 18.5 Å². The Morgan fingerprint density at radius 1 is 1.05 bits per heavy atom. The van der Waals surface area contributed by atoms with Crippen molar-refractivity contribution < 1.29 is 8.78 Å². The second-order valence-electron chi connectivity index (χ2n) is 4.88. The maximum atomic E-state index is 12.2. The third-order valence-electron chi connectivity index (χ3n) is 3.51.